The molecule has 0 atom stereocenters. The Hall–Kier alpha value is -3.33. The lowest BCUT2D eigenvalue weighted by Crippen LogP contribution is -2.26. The van der Waals surface area contributed by atoms with E-state index in [0.29, 0.717) is 30.0 Å². The minimum Gasteiger partial charge on any atom is -0.383 e. The molecule has 2 aromatic carbocycles. The smallest absolute Gasteiger partial charge is 0.383 e. The summed E-state index contributed by atoms with van der Waals surface area (Å²) >= 11 is 0. The van der Waals surface area contributed by atoms with Crippen molar-refractivity contribution in [1.82, 2.24) is 19.7 Å². The van der Waals surface area contributed by atoms with Crippen LogP contribution in [0.1, 0.15) is 15.9 Å². The molecule has 0 aliphatic heterocycles. The summed E-state index contributed by atoms with van der Waals surface area (Å²) in [5.74, 6) is -0.228. The molecule has 0 unspecified atom stereocenters. The van der Waals surface area contributed by atoms with Gasteiger partial charge in [0.1, 0.15) is 0 Å². The van der Waals surface area contributed by atoms with Gasteiger partial charge >= 0.3 is 6.18 Å². The lowest BCUT2D eigenvalue weighted by molar-refractivity contribution is -0.137. The van der Waals surface area contributed by atoms with Gasteiger partial charge in [0, 0.05) is 48.9 Å². The number of amides is 1. The van der Waals surface area contributed by atoms with Crippen LogP contribution in [0.5, 0.6) is 0 Å². The standard InChI is InChI=1S/C21H19F3N4O2/c1-27-12-17-16-11-13(20(29)25-9-10-30-2)3-8-18(16)28(19(17)26-27)15-6-4-14(5-7-15)21(22,23)24/h3-8,11-12H,9-10H2,1-2H3,(H,25,29). The number of nitrogens with one attached hydrogen (secondary N) is 1. The Labute approximate surface area is 169 Å². The van der Waals surface area contributed by atoms with Gasteiger partial charge in [-0.05, 0) is 42.5 Å². The number of halogens is 3. The molecule has 0 saturated heterocycles. The molecule has 4 rings (SSSR count). The number of aromatic nitrogens is 3. The van der Waals surface area contributed by atoms with Crippen molar-refractivity contribution in [2.24, 2.45) is 7.05 Å². The summed E-state index contributed by atoms with van der Waals surface area (Å²) in [5.41, 5.74) is 1.67. The Bertz CT molecular complexity index is 1220. The number of aryl methyl sites for hydroxylation is 1. The van der Waals surface area contributed by atoms with Gasteiger partial charge in [-0.15, -0.1) is 0 Å². The van der Waals surface area contributed by atoms with Crippen molar-refractivity contribution >= 4 is 27.8 Å². The van der Waals surface area contributed by atoms with E-state index in [9.17, 15) is 18.0 Å². The summed E-state index contributed by atoms with van der Waals surface area (Å²) in [4.78, 5) is 12.4. The van der Waals surface area contributed by atoms with Gasteiger partial charge in [-0.1, -0.05) is 0 Å². The number of methoxy groups -OCH3 is 1. The van der Waals surface area contributed by atoms with E-state index in [0.717, 1.165) is 28.4 Å². The van der Waals surface area contributed by atoms with Crippen molar-refractivity contribution in [2.75, 3.05) is 20.3 Å². The highest BCUT2D eigenvalue weighted by molar-refractivity contribution is 6.10. The third-order valence-corrected chi connectivity index (χ3v) is 4.86. The van der Waals surface area contributed by atoms with Crippen molar-refractivity contribution in [1.29, 1.82) is 0 Å². The SMILES string of the molecule is COCCNC(=O)c1ccc2c(c1)c1cn(C)nc1n2-c1ccc(C(F)(F)F)cc1. The molecular weight excluding hydrogens is 397 g/mol. The van der Waals surface area contributed by atoms with Gasteiger partial charge in [-0.3, -0.25) is 14.0 Å². The first-order valence-electron chi connectivity index (χ1n) is 9.22. The lowest BCUT2D eigenvalue weighted by Gasteiger charge is -2.10. The molecule has 0 spiro atoms. The maximum absolute atomic E-state index is 12.9. The molecule has 0 radical (unpaired) electrons. The number of benzene rings is 2. The van der Waals surface area contributed by atoms with Crippen LogP contribution in [-0.4, -0.2) is 40.5 Å². The second kappa shape index (κ2) is 7.49. The van der Waals surface area contributed by atoms with Crippen LogP contribution in [0.25, 0.3) is 27.6 Å². The minimum absolute atomic E-state index is 0.228. The number of carbonyl (C=O) groups excluding carboxylic acids is 1. The number of alkyl halides is 3. The monoisotopic (exact) mass is 416 g/mol. The number of ether oxygens (including phenoxy) is 1. The topological polar surface area (TPSA) is 61.1 Å². The van der Waals surface area contributed by atoms with Gasteiger partial charge in [0.05, 0.1) is 17.7 Å². The van der Waals surface area contributed by atoms with Gasteiger partial charge < -0.3 is 10.1 Å². The van der Waals surface area contributed by atoms with E-state index in [1.807, 2.05) is 6.20 Å². The summed E-state index contributed by atoms with van der Waals surface area (Å²) in [6.07, 6.45) is -2.58. The molecule has 0 aliphatic carbocycles. The van der Waals surface area contributed by atoms with E-state index in [4.69, 9.17) is 4.74 Å². The summed E-state index contributed by atoms with van der Waals surface area (Å²) in [5, 5.41) is 8.85. The highest BCUT2D eigenvalue weighted by Gasteiger charge is 2.30. The average Bonchev–Trinajstić information content (AvgIpc) is 3.22. The number of hydrogen-bond donors (Lipinski definition) is 1. The van der Waals surface area contributed by atoms with Crippen molar-refractivity contribution in [2.45, 2.75) is 6.18 Å². The highest BCUT2D eigenvalue weighted by atomic mass is 19.4. The van der Waals surface area contributed by atoms with Crippen LogP contribution >= 0.6 is 0 Å². The molecule has 0 saturated carbocycles. The fraction of sp³-hybridized carbons (Fsp3) is 0.238. The predicted octanol–water partition coefficient (Wildman–Crippen LogP) is 3.91. The van der Waals surface area contributed by atoms with Crippen LogP contribution in [0.15, 0.2) is 48.7 Å². The molecule has 2 heterocycles. The summed E-state index contributed by atoms with van der Waals surface area (Å²) in [7, 11) is 3.32. The second-order valence-corrected chi connectivity index (χ2v) is 6.90. The lowest BCUT2D eigenvalue weighted by atomic mass is 10.1. The van der Waals surface area contributed by atoms with E-state index in [1.165, 1.54) is 12.1 Å². The molecule has 4 aromatic rings. The van der Waals surface area contributed by atoms with Crippen LogP contribution in [0, 0.1) is 0 Å². The Morgan fingerprint density at radius 1 is 1.13 bits per heavy atom. The maximum Gasteiger partial charge on any atom is 0.416 e. The molecule has 30 heavy (non-hydrogen) atoms. The van der Waals surface area contributed by atoms with Gasteiger partial charge in [0.15, 0.2) is 5.65 Å². The Morgan fingerprint density at radius 2 is 1.87 bits per heavy atom. The summed E-state index contributed by atoms with van der Waals surface area (Å²) < 4.78 is 47.2. The Morgan fingerprint density at radius 3 is 2.53 bits per heavy atom. The number of hydrogen-bond acceptors (Lipinski definition) is 3. The van der Waals surface area contributed by atoms with Gasteiger partial charge in [0.2, 0.25) is 0 Å². The fourth-order valence-electron chi connectivity index (χ4n) is 3.46. The predicted molar refractivity (Wildman–Crippen MR) is 107 cm³/mol. The number of nitrogens with zero attached hydrogens (tertiary/aromatic N) is 3. The van der Waals surface area contributed by atoms with Gasteiger partial charge in [-0.2, -0.15) is 18.3 Å². The molecule has 6 nitrogen and oxygen atoms in total. The average molecular weight is 416 g/mol. The number of rotatable bonds is 5. The van der Waals surface area contributed by atoms with E-state index in [2.05, 4.69) is 10.4 Å². The highest BCUT2D eigenvalue weighted by Crippen LogP contribution is 2.34. The molecule has 1 amide bonds. The third kappa shape index (κ3) is 3.52. The number of fused-ring (bicyclic) bond motifs is 3. The number of carbonyl (C=O) groups is 1. The van der Waals surface area contributed by atoms with Crippen LogP contribution in [0.4, 0.5) is 13.2 Å². The van der Waals surface area contributed by atoms with Crippen LogP contribution < -0.4 is 5.32 Å². The molecule has 1 N–H and O–H groups in total. The zero-order chi connectivity index (χ0) is 21.5. The summed E-state index contributed by atoms with van der Waals surface area (Å²) in [6.45, 7) is 0.799. The van der Waals surface area contributed by atoms with Crippen LogP contribution in [0.3, 0.4) is 0 Å². The molecule has 0 aliphatic rings. The molecule has 0 bridgehead atoms. The molecule has 9 heteroatoms. The van der Waals surface area contributed by atoms with E-state index in [1.54, 1.807) is 41.6 Å². The van der Waals surface area contributed by atoms with Crippen molar-refractivity contribution < 1.29 is 22.7 Å². The van der Waals surface area contributed by atoms with Crippen molar-refractivity contribution in [3.8, 4) is 5.69 Å². The van der Waals surface area contributed by atoms with E-state index in [-0.39, 0.29) is 5.91 Å². The second-order valence-electron chi connectivity index (χ2n) is 6.90. The molecule has 0 fully saturated rings. The third-order valence-electron chi connectivity index (χ3n) is 4.86. The molecular formula is C21H19F3N4O2. The van der Waals surface area contributed by atoms with E-state index >= 15 is 0 Å². The Kier molecular flexibility index (Phi) is 4.98. The summed E-state index contributed by atoms with van der Waals surface area (Å²) in [6, 6.07) is 10.2. The van der Waals surface area contributed by atoms with Gasteiger partial charge in [-0.25, -0.2) is 0 Å². The van der Waals surface area contributed by atoms with Crippen molar-refractivity contribution in [3.05, 3.63) is 59.8 Å². The fourth-order valence-corrected chi connectivity index (χ4v) is 3.46. The maximum atomic E-state index is 12.9. The van der Waals surface area contributed by atoms with Gasteiger partial charge in [0.25, 0.3) is 5.91 Å². The largest absolute Gasteiger partial charge is 0.416 e. The zero-order valence-corrected chi connectivity index (χ0v) is 16.3. The first-order valence-corrected chi connectivity index (χ1v) is 9.22. The normalized spacial score (nSPS) is 12.0. The van der Waals surface area contributed by atoms with E-state index < -0.39 is 11.7 Å². The minimum atomic E-state index is -4.40. The zero-order valence-electron chi connectivity index (χ0n) is 16.3. The quantitative estimate of drug-likeness (QED) is 0.502. The first kappa shape index (κ1) is 20.0. The Balaban J connectivity index is 1.82. The molecule has 156 valence electrons. The van der Waals surface area contributed by atoms with Crippen molar-refractivity contribution in [3.63, 3.8) is 0 Å². The van der Waals surface area contributed by atoms with Crippen LogP contribution in [-0.2, 0) is 18.0 Å². The molecule has 2 aromatic heterocycles. The van der Waals surface area contributed by atoms with Crippen LogP contribution in [0.2, 0.25) is 0 Å². The first-order chi connectivity index (χ1) is 14.3.